The van der Waals surface area contributed by atoms with E-state index in [1.165, 1.54) is 16.7 Å². The van der Waals surface area contributed by atoms with Gasteiger partial charge in [0.1, 0.15) is 0 Å². The summed E-state index contributed by atoms with van der Waals surface area (Å²) in [4.78, 5) is 11.8. The van der Waals surface area contributed by atoms with E-state index < -0.39 is 0 Å². The van der Waals surface area contributed by atoms with Gasteiger partial charge in [-0.25, -0.2) is 0 Å². The maximum atomic E-state index is 11.8. The number of ketones is 1. The molecule has 0 unspecified atom stereocenters. The highest BCUT2D eigenvalue weighted by molar-refractivity contribution is 5.95. The van der Waals surface area contributed by atoms with E-state index in [2.05, 4.69) is 36.6 Å². The summed E-state index contributed by atoms with van der Waals surface area (Å²) in [5, 5.41) is 0. The molecule has 0 aliphatic rings. The predicted octanol–water partition coefficient (Wildman–Crippen LogP) is 4.14. The molecule has 19 heavy (non-hydrogen) atoms. The van der Waals surface area contributed by atoms with Gasteiger partial charge in [0.15, 0.2) is 5.78 Å². The van der Waals surface area contributed by atoms with Gasteiger partial charge in [0.2, 0.25) is 0 Å². The van der Waals surface area contributed by atoms with Crippen molar-refractivity contribution in [3.05, 3.63) is 58.9 Å². The van der Waals surface area contributed by atoms with Crippen molar-refractivity contribution < 1.29 is 4.79 Å². The van der Waals surface area contributed by atoms with Crippen LogP contribution in [0.5, 0.6) is 0 Å². The Hall–Kier alpha value is -1.83. The van der Waals surface area contributed by atoms with Gasteiger partial charge in [-0.2, -0.15) is 0 Å². The van der Waals surface area contributed by atoms with Gasteiger partial charge < -0.3 is 4.57 Å². The monoisotopic (exact) mass is 255 g/mol. The van der Waals surface area contributed by atoms with Crippen LogP contribution in [0.25, 0.3) is 0 Å². The zero-order chi connectivity index (χ0) is 13.8. The van der Waals surface area contributed by atoms with Gasteiger partial charge in [-0.05, 0) is 43.0 Å². The van der Waals surface area contributed by atoms with Gasteiger partial charge in [-0.3, -0.25) is 4.79 Å². The molecule has 0 radical (unpaired) electrons. The van der Waals surface area contributed by atoms with Crippen molar-refractivity contribution in [3.63, 3.8) is 0 Å². The summed E-state index contributed by atoms with van der Waals surface area (Å²) >= 11 is 0. The van der Waals surface area contributed by atoms with Crippen LogP contribution in [0.4, 0.5) is 0 Å². The van der Waals surface area contributed by atoms with Gasteiger partial charge >= 0.3 is 0 Å². The molecule has 0 fully saturated rings. The molecule has 0 N–H and O–H groups in total. The lowest BCUT2D eigenvalue weighted by Crippen LogP contribution is -2.02. The van der Waals surface area contributed by atoms with Crippen LogP contribution in [-0.4, -0.2) is 10.4 Å². The van der Waals surface area contributed by atoms with E-state index in [9.17, 15) is 4.79 Å². The third-order valence-electron chi connectivity index (χ3n) is 3.53. The number of aryl methyl sites for hydroxylation is 2. The molecule has 1 aromatic carbocycles. The number of carbonyl (C=O) groups is 1. The normalized spacial score (nSPS) is 10.7. The minimum absolute atomic E-state index is 0.239. The topological polar surface area (TPSA) is 22.0 Å². The second kappa shape index (κ2) is 5.87. The molecule has 0 saturated heterocycles. The number of nitrogens with zero attached hydrogens (tertiary/aromatic N) is 1. The average Bonchev–Trinajstić information content (AvgIpc) is 2.83. The average molecular weight is 255 g/mol. The van der Waals surface area contributed by atoms with Crippen LogP contribution in [0.1, 0.15) is 46.8 Å². The summed E-state index contributed by atoms with van der Waals surface area (Å²) < 4.78 is 2.10. The molecule has 0 atom stereocenters. The van der Waals surface area contributed by atoms with Gasteiger partial charge in [0.05, 0.1) is 0 Å². The van der Waals surface area contributed by atoms with Crippen molar-refractivity contribution in [1.82, 2.24) is 4.57 Å². The van der Waals surface area contributed by atoms with Crippen molar-refractivity contribution >= 4 is 5.78 Å². The summed E-state index contributed by atoms with van der Waals surface area (Å²) in [7, 11) is 0. The Morgan fingerprint density at radius 3 is 2.47 bits per heavy atom. The third kappa shape index (κ3) is 3.14. The minimum Gasteiger partial charge on any atom is -0.349 e. The molecular weight excluding hydrogens is 234 g/mol. The van der Waals surface area contributed by atoms with Crippen LogP contribution < -0.4 is 0 Å². The third-order valence-corrected chi connectivity index (χ3v) is 3.53. The zero-order valence-electron chi connectivity index (χ0n) is 11.9. The standard InChI is InChI=1S/C17H21NO/c1-4-6-17(19)15-9-10-18(11-15)12-16-13(2)7-5-8-14(16)3/h5,7-11H,4,6,12H2,1-3H3. The molecule has 1 heterocycles. The molecule has 100 valence electrons. The summed E-state index contributed by atoms with van der Waals surface area (Å²) in [5.74, 6) is 0.239. The molecule has 0 aliphatic heterocycles. The lowest BCUT2D eigenvalue weighted by Gasteiger charge is -2.10. The lowest BCUT2D eigenvalue weighted by molar-refractivity contribution is 0.0981. The smallest absolute Gasteiger partial charge is 0.164 e. The van der Waals surface area contributed by atoms with E-state index in [0.717, 1.165) is 18.5 Å². The maximum Gasteiger partial charge on any atom is 0.164 e. The minimum atomic E-state index is 0.239. The Bertz CT molecular complexity index is 560. The summed E-state index contributed by atoms with van der Waals surface area (Å²) in [5.41, 5.74) is 4.77. The van der Waals surface area contributed by atoms with E-state index >= 15 is 0 Å². The number of carbonyl (C=O) groups excluding carboxylic acids is 1. The fourth-order valence-electron chi connectivity index (χ4n) is 2.36. The highest BCUT2D eigenvalue weighted by Crippen LogP contribution is 2.16. The van der Waals surface area contributed by atoms with Gasteiger partial charge in [-0.1, -0.05) is 25.1 Å². The van der Waals surface area contributed by atoms with Crippen LogP contribution >= 0.6 is 0 Å². The Balaban J connectivity index is 2.18. The quantitative estimate of drug-likeness (QED) is 0.736. The van der Waals surface area contributed by atoms with Crippen LogP contribution in [0.2, 0.25) is 0 Å². The first-order chi connectivity index (χ1) is 9.11. The molecule has 2 heteroatoms. The van der Waals surface area contributed by atoms with E-state index in [0.29, 0.717) is 6.42 Å². The van der Waals surface area contributed by atoms with Crippen LogP contribution in [0.3, 0.4) is 0 Å². The SMILES string of the molecule is CCCC(=O)c1ccn(Cc2c(C)cccc2C)c1. The molecule has 2 rings (SSSR count). The zero-order valence-corrected chi connectivity index (χ0v) is 11.9. The summed E-state index contributed by atoms with van der Waals surface area (Å²) in [6, 6.07) is 8.27. The van der Waals surface area contributed by atoms with Crippen molar-refractivity contribution in [3.8, 4) is 0 Å². The van der Waals surface area contributed by atoms with E-state index in [-0.39, 0.29) is 5.78 Å². The highest BCUT2D eigenvalue weighted by atomic mass is 16.1. The Morgan fingerprint density at radius 2 is 1.84 bits per heavy atom. The van der Waals surface area contributed by atoms with Crippen molar-refractivity contribution in [2.24, 2.45) is 0 Å². The van der Waals surface area contributed by atoms with Gasteiger partial charge in [-0.15, -0.1) is 0 Å². The van der Waals surface area contributed by atoms with Gasteiger partial charge in [0.25, 0.3) is 0 Å². The second-order valence-electron chi connectivity index (χ2n) is 5.12. The fourth-order valence-corrected chi connectivity index (χ4v) is 2.36. The van der Waals surface area contributed by atoms with Crippen LogP contribution in [-0.2, 0) is 6.54 Å². The molecular formula is C17H21NO. The lowest BCUT2D eigenvalue weighted by atomic mass is 10.0. The van der Waals surface area contributed by atoms with E-state index in [1.54, 1.807) is 0 Å². The first-order valence-electron chi connectivity index (χ1n) is 6.86. The molecule has 2 aromatic rings. The number of Topliss-reactive ketones (excluding diaryl/α,β-unsaturated/α-hetero) is 1. The summed E-state index contributed by atoms with van der Waals surface area (Å²) in [6.45, 7) is 7.13. The number of hydrogen-bond donors (Lipinski definition) is 0. The molecule has 0 spiro atoms. The number of aromatic nitrogens is 1. The van der Waals surface area contributed by atoms with Crippen molar-refractivity contribution in [2.75, 3.05) is 0 Å². The molecule has 0 aliphatic carbocycles. The number of hydrogen-bond acceptors (Lipinski definition) is 1. The second-order valence-corrected chi connectivity index (χ2v) is 5.12. The van der Waals surface area contributed by atoms with E-state index in [1.807, 2.05) is 25.4 Å². The number of rotatable bonds is 5. The van der Waals surface area contributed by atoms with E-state index in [4.69, 9.17) is 0 Å². The number of benzene rings is 1. The molecule has 1 aromatic heterocycles. The fraction of sp³-hybridized carbons (Fsp3) is 0.353. The molecule has 0 amide bonds. The maximum absolute atomic E-state index is 11.8. The highest BCUT2D eigenvalue weighted by Gasteiger charge is 2.08. The first kappa shape index (κ1) is 13.6. The van der Waals surface area contributed by atoms with Crippen LogP contribution in [0, 0.1) is 13.8 Å². The Morgan fingerprint density at radius 1 is 1.16 bits per heavy atom. The van der Waals surface area contributed by atoms with Crippen molar-refractivity contribution in [2.45, 2.75) is 40.2 Å². The predicted molar refractivity (Wildman–Crippen MR) is 78.7 cm³/mol. The largest absolute Gasteiger partial charge is 0.349 e. The molecule has 0 saturated carbocycles. The summed E-state index contributed by atoms with van der Waals surface area (Å²) in [6.07, 6.45) is 5.49. The first-order valence-corrected chi connectivity index (χ1v) is 6.86. The molecule has 2 nitrogen and oxygen atoms in total. The van der Waals surface area contributed by atoms with Gasteiger partial charge in [0, 0.05) is 30.9 Å². The van der Waals surface area contributed by atoms with Crippen LogP contribution in [0.15, 0.2) is 36.7 Å². The van der Waals surface area contributed by atoms with Crippen molar-refractivity contribution in [1.29, 1.82) is 0 Å². The Kier molecular flexibility index (Phi) is 4.20. The molecule has 0 bridgehead atoms. The Labute approximate surface area is 115 Å².